The Morgan fingerprint density at radius 2 is 2.17 bits per heavy atom. The molecule has 0 amide bonds. The Labute approximate surface area is 114 Å². The first-order valence-electron chi connectivity index (χ1n) is 6.17. The number of benzene rings is 1. The molecular weight excluding hydrogens is 249 g/mol. The molecule has 0 saturated heterocycles. The van der Waals surface area contributed by atoms with E-state index in [1.807, 2.05) is 6.08 Å². The van der Waals surface area contributed by atoms with Crippen molar-refractivity contribution < 1.29 is 4.39 Å². The topological polar surface area (TPSA) is 12.0 Å². The SMILES string of the molecule is C=CC(C)(CNC(C)C)Cc1ccc(Cl)cc1F. The van der Waals surface area contributed by atoms with Gasteiger partial charge in [0.05, 0.1) is 0 Å². The van der Waals surface area contributed by atoms with Gasteiger partial charge in [0.25, 0.3) is 0 Å². The van der Waals surface area contributed by atoms with E-state index >= 15 is 0 Å². The van der Waals surface area contributed by atoms with Gasteiger partial charge in [0.2, 0.25) is 0 Å². The molecular formula is C15H21ClFN. The molecule has 1 rings (SSSR count). The van der Waals surface area contributed by atoms with Gasteiger partial charge in [-0.25, -0.2) is 4.39 Å². The highest BCUT2D eigenvalue weighted by atomic mass is 35.5. The van der Waals surface area contributed by atoms with Crippen LogP contribution < -0.4 is 5.32 Å². The normalized spacial score (nSPS) is 14.6. The molecule has 0 radical (unpaired) electrons. The Kier molecular flexibility index (Phi) is 5.36. The van der Waals surface area contributed by atoms with E-state index in [2.05, 4.69) is 32.7 Å². The Morgan fingerprint density at radius 3 is 2.67 bits per heavy atom. The van der Waals surface area contributed by atoms with Crippen LogP contribution in [0, 0.1) is 11.2 Å². The van der Waals surface area contributed by atoms with Crippen molar-refractivity contribution in [3.8, 4) is 0 Å². The summed E-state index contributed by atoms with van der Waals surface area (Å²) in [6.07, 6.45) is 2.50. The lowest BCUT2D eigenvalue weighted by Crippen LogP contribution is -2.36. The fourth-order valence-corrected chi connectivity index (χ4v) is 1.90. The zero-order valence-electron chi connectivity index (χ0n) is 11.3. The van der Waals surface area contributed by atoms with Crippen molar-refractivity contribution in [1.82, 2.24) is 5.32 Å². The van der Waals surface area contributed by atoms with Gasteiger partial charge in [-0.3, -0.25) is 0 Å². The highest BCUT2D eigenvalue weighted by Crippen LogP contribution is 2.26. The maximum atomic E-state index is 13.8. The lowest BCUT2D eigenvalue weighted by atomic mass is 9.83. The Balaban J connectivity index is 2.81. The van der Waals surface area contributed by atoms with Crippen molar-refractivity contribution in [3.05, 3.63) is 47.3 Å². The number of hydrogen-bond donors (Lipinski definition) is 1. The van der Waals surface area contributed by atoms with Crippen LogP contribution in [0.5, 0.6) is 0 Å². The van der Waals surface area contributed by atoms with Crippen LogP contribution in [0.3, 0.4) is 0 Å². The van der Waals surface area contributed by atoms with Crippen molar-refractivity contribution in [2.24, 2.45) is 5.41 Å². The lowest BCUT2D eigenvalue weighted by molar-refractivity contribution is 0.368. The average molecular weight is 270 g/mol. The molecule has 0 bridgehead atoms. The third kappa shape index (κ3) is 4.43. The third-order valence-corrected chi connectivity index (χ3v) is 3.25. The van der Waals surface area contributed by atoms with Gasteiger partial charge >= 0.3 is 0 Å². The molecule has 1 N–H and O–H groups in total. The fourth-order valence-electron chi connectivity index (χ4n) is 1.74. The number of nitrogens with one attached hydrogen (secondary N) is 1. The molecule has 1 unspecified atom stereocenters. The molecule has 0 aliphatic heterocycles. The number of hydrogen-bond acceptors (Lipinski definition) is 1. The van der Waals surface area contributed by atoms with E-state index < -0.39 is 0 Å². The van der Waals surface area contributed by atoms with Crippen LogP contribution >= 0.6 is 11.6 Å². The first-order valence-corrected chi connectivity index (χ1v) is 6.55. The molecule has 0 aliphatic carbocycles. The molecule has 0 heterocycles. The summed E-state index contributed by atoms with van der Waals surface area (Å²) in [5, 5.41) is 3.80. The predicted octanol–water partition coefficient (Wildman–Crippen LogP) is 4.21. The third-order valence-electron chi connectivity index (χ3n) is 3.02. The minimum atomic E-state index is -0.250. The summed E-state index contributed by atoms with van der Waals surface area (Å²) in [4.78, 5) is 0. The van der Waals surface area contributed by atoms with Gasteiger partial charge in [0.15, 0.2) is 0 Å². The number of halogens is 2. The van der Waals surface area contributed by atoms with Crippen molar-refractivity contribution in [2.75, 3.05) is 6.54 Å². The van der Waals surface area contributed by atoms with Gasteiger partial charge in [-0.2, -0.15) is 0 Å². The summed E-state index contributed by atoms with van der Waals surface area (Å²) in [5.41, 5.74) is 0.506. The van der Waals surface area contributed by atoms with E-state index in [0.717, 1.165) is 6.54 Å². The van der Waals surface area contributed by atoms with E-state index in [1.165, 1.54) is 6.07 Å². The van der Waals surface area contributed by atoms with E-state index in [1.54, 1.807) is 12.1 Å². The van der Waals surface area contributed by atoms with Crippen LogP contribution in [-0.2, 0) is 6.42 Å². The second-order valence-electron chi connectivity index (χ2n) is 5.31. The first-order chi connectivity index (χ1) is 8.36. The van der Waals surface area contributed by atoms with Gasteiger partial charge in [0.1, 0.15) is 5.82 Å². The molecule has 0 saturated carbocycles. The molecule has 1 aromatic carbocycles. The monoisotopic (exact) mass is 269 g/mol. The molecule has 18 heavy (non-hydrogen) atoms. The average Bonchev–Trinajstić information content (AvgIpc) is 2.30. The van der Waals surface area contributed by atoms with Crippen LogP contribution in [0.15, 0.2) is 30.9 Å². The first kappa shape index (κ1) is 15.2. The molecule has 1 nitrogen and oxygen atoms in total. The molecule has 0 aliphatic rings. The van der Waals surface area contributed by atoms with Crippen LogP contribution in [0.4, 0.5) is 4.39 Å². The minimum Gasteiger partial charge on any atom is -0.314 e. The van der Waals surface area contributed by atoms with Crippen molar-refractivity contribution >= 4 is 11.6 Å². The predicted molar refractivity (Wildman–Crippen MR) is 76.6 cm³/mol. The van der Waals surface area contributed by atoms with Gasteiger partial charge in [-0.05, 0) is 24.1 Å². The van der Waals surface area contributed by atoms with Crippen molar-refractivity contribution in [2.45, 2.75) is 33.2 Å². The molecule has 0 aromatic heterocycles. The van der Waals surface area contributed by atoms with Gasteiger partial charge in [-0.1, -0.05) is 44.5 Å². The summed E-state index contributed by atoms with van der Waals surface area (Å²) < 4.78 is 13.8. The Morgan fingerprint density at radius 1 is 1.50 bits per heavy atom. The molecule has 1 aromatic rings. The second kappa shape index (κ2) is 6.35. The van der Waals surface area contributed by atoms with E-state index in [4.69, 9.17) is 11.6 Å². The summed E-state index contributed by atoms with van der Waals surface area (Å²) >= 11 is 5.75. The zero-order valence-corrected chi connectivity index (χ0v) is 12.0. The van der Waals surface area contributed by atoms with Gasteiger partial charge < -0.3 is 5.32 Å². The minimum absolute atomic E-state index is 0.168. The highest BCUT2D eigenvalue weighted by Gasteiger charge is 2.22. The van der Waals surface area contributed by atoms with Crippen LogP contribution in [0.25, 0.3) is 0 Å². The molecule has 0 fully saturated rings. The van der Waals surface area contributed by atoms with E-state index in [9.17, 15) is 4.39 Å². The van der Waals surface area contributed by atoms with Gasteiger partial charge in [0, 0.05) is 23.0 Å². The second-order valence-corrected chi connectivity index (χ2v) is 5.74. The molecule has 0 spiro atoms. The van der Waals surface area contributed by atoms with Crippen molar-refractivity contribution in [1.29, 1.82) is 0 Å². The fraction of sp³-hybridized carbons (Fsp3) is 0.467. The maximum absolute atomic E-state index is 13.8. The Hall–Kier alpha value is -0.860. The molecule has 100 valence electrons. The maximum Gasteiger partial charge on any atom is 0.127 e. The summed E-state index contributed by atoms with van der Waals surface area (Å²) in [6.45, 7) is 10.9. The summed E-state index contributed by atoms with van der Waals surface area (Å²) in [7, 11) is 0. The van der Waals surface area contributed by atoms with Crippen LogP contribution in [0.1, 0.15) is 26.3 Å². The Bertz CT molecular complexity index is 417. The molecule has 1 atom stereocenters. The lowest BCUT2D eigenvalue weighted by Gasteiger charge is -2.27. The summed E-state index contributed by atoms with van der Waals surface area (Å²) in [6, 6.07) is 5.23. The zero-order chi connectivity index (χ0) is 13.8. The highest BCUT2D eigenvalue weighted by molar-refractivity contribution is 6.30. The largest absolute Gasteiger partial charge is 0.314 e. The quantitative estimate of drug-likeness (QED) is 0.763. The molecule has 3 heteroatoms. The van der Waals surface area contributed by atoms with E-state index in [-0.39, 0.29) is 11.2 Å². The smallest absolute Gasteiger partial charge is 0.127 e. The number of rotatable bonds is 6. The summed E-state index contributed by atoms with van der Waals surface area (Å²) in [5.74, 6) is -0.250. The van der Waals surface area contributed by atoms with Crippen molar-refractivity contribution in [3.63, 3.8) is 0 Å². The van der Waals surface area contributed by atoms with E-state index in [0.29, 0.717) is 23.0 Å². The standard InChI is InChI=1S/C15H21ClFN/c1-5-15(4,10-18-11(2)3)9-12-6-7-13(16)8-14(12)17/h5-8,11,18H,1,9-10H2,2-4H3. The van der Waals surface area contributed by atoms with Crippen LogP contribution in [-0.4, -0.2) is 12.6 Å². The van der Waals surface area contributed by atoms with Gasteiger partial charge in [-0.15, -0.1) is 6.58 Å². The van der Waals surface area contributed by atoms with Crippen LogP contribution in [0.2, 0.25) is 5.02 Å².